The Morgan fingerprint density at radius 3 is 2.19 bits per heavy atom. The Labute approximate surface area is 126 Å². The molecule has 1 aliphatic carbocycles. The third kappa shape index (κ3) is 3.52. The minimum Gasteiger partial charge on any atom is -0.396 e. The van der Waals surface area contributed by atoms with Gasteiger partial charge in [-0.1, -0.05) is 54.6 Å². The van der Waals surface area contributed by atoms with Gasteiger partial charge in [-0.25, -0.2) is 0 Å². The number of hydrogen-bond donors (Lipinski definition) is 2. The lowest BCUT2D eigenvalue weighted by Crippen LogP contribution is -2.33. The van der Waals surface area contributed by atoms with Crippen molar-refractivity contribution >= 4 is 0 Å². The predicted molar refractivity (Wildman–Crippen MR) is 86.5 cm³/mol. The van der Waals surface area contributed by atoms with Gasteiger partial charge in [0.2, 0.25) is 0 Å². The topological polar surface area (TPSA) is 32.3 Å². The van der Waals surface area contributed by atoms with Crippen LogP contribution < -0.4 is 5.32 Å². The lowest BCUT2D eigenvalue weighted by Gasteiger charge is -2.20. The molecule has 3 rings (SSSR count). The first kappa shape index (κ1) is 14.3. The highest BCUT2D eigenvalue weighted by Crippen LogP contribution is 2.23. The zero-order valence-corrected chi connectivity index (χ0v) is 12.3. The highest BCUT2D eigenvalue weighted by Gasteiger charge is 2.21. The van der Waals surface area contributed by atoms with Crippen molar-refractivity contribution < 1.29 is 5.11 Å². The SMILES string of the molecule is OCCC(CNC1Cc2ccccc2C1)c1ccccc1. The normalized spacial score (nSPS) is 15.9. The zero-order valence-electron chi connectivity index (χ0n) is 12.3. The summed E-state index contributed by atoms with van der Waals surface area (Å²) in [5.74, 6) is 0.389. The molecule has 0 heterocycles. The summed E-state index contributed by atoms with van der Waals surface area (Å²) in [6.07, 6.45) is 3.06. The van der Waals surface area contributed by atoms with E-state index < -0.39 is 0 Å². The maximum atomic E-state index is 9.30. The van der Waals surface area contributed by atoms with E-state index in [1.807, 2.05) is 6.07 Å². The first-order chi connectivity index (χ1) is 10.4. The fourth-order valence-electron chi connectivity index (χ4n) is 3.28. The van der Waals surface area contributed by atoms with Crippen molar-refractivity contribution in [2.24, 2.45) is 0 Å². The number of rotatable bonds is 6. The molecule has 0 spiro atoms. The van der Waals surface area contributed by atoms with Crippen LogP contribution in [0.2, 0.25) is 0 Å². The first-order valence-electron chi connectivity index (χ1n) is 7.83. The molecule has 1 atom stereocenters. The Morgan fingerprint density at radius 2 is 1.57 bits per heavy atom. The van der Waals surface area contributed by atoms with E-state index in [2.05, 4.69) is 53.8 Å². The molecule has 21 heavy (non-hydrogen) atoms. The smallest absolute Gasteiger partial charge is 0.0437 e. The Morgan fingerprint density at radius 1 is 0.952 bits per heavy atom. The molecule has 1 unspecified atom stereocenters. The molecule has 0 bridgehead atoms. The Bertz CT molecular complexity index is 542. The van der Waals surface area contributed by atoms with Crippen molar-refractivity contribution in [3.05, 3.63) is 71.3 Å². The molecule has 2 aromatic rings. The molecule has 0 saturated heterocycles. The second kappa shape index (κ2) is 6.88. The number of fused-ring (bicyclic) bond motifs is 1. The third-order valence-electron chi connectivity index (χ3n) is 4.45. The van der Waals surface area contributed by atoms with E-state index in [4.69, 9.17) is 0 Å². The molecule has 0 amide bonds. The monoisotopic (exact) mass is 281 g/mol. The second-order valence-electron chi connectivity index (χ2n) is 5.90. The van der Waals surface area contributed by atoms with Gasteiger partial charge in [-0.15, -0.1) is 0 Å². The lowest BCUT2D eigenvalue weighted by atomic mass is 9.95. The van der Waals surface area contributed by atoms with Crippen molar-refractivity contribution in [1.82, 2.24) is 5.32 Å². The average molecular weight is 281 g/mol. The molecular weight excluding hydrogens is 258 g/mol. The van der Waals surface area contributed by atoms with E-state index in [-0.39, 0.29) is 6.61 Å². The van der Waals surface area contributed by atoms with Gasteiger partial charge in [0.15, 0.2) is 0 Å². The summed E-state index contributed by atoms with van der Waals surface area (Å²) in [6, 6.07) is 19.8. The largest absolute Gasteiger partial charge is 0.396 e. The zero-order chi connectivity index (χ0) is 14.5. The lowest BCUT2D eigenvalue weighted by molar-refractivity contribution is 0.272. The molecular formula is C19H23NO. The van der Waals surface area contributed by atoms with Gasteiger partial charge in [0.1, 0.15) is 0 Å². The summed E-state index contributed by atoms with van der Waals surface area (Å²) in [5, 5.41) is 13.0. The Kier molecular flexibility index (Phi) is 4.69. The highest BCUT2D eigenvalue weighted by molar-refractivity contribution is 5.33. The molecule has 1 aliphatic rings. The number of nitrogens with one attached hydrogen (secondary N) is 1. The fraction of sp³-hybridized carbons (Fsp3) is 0.368. The van der Waals surface area contributed by atoms with Crippen LogP contribution in [0.5, 0.6) is 0 Å². The van der Waals surface area contributed by atoms with Gasteiger partial charge in [0, 0.05) is 19.2 Å². The first-order valence-corrected chi connectivity index (χ1v) is 7.83. The molecule has 110 valence electrons. The third-order valence-corrected chi connectivity index (χ3v) is 4.45. The summed E-state index contributed by atoms with van der Waals surface area (Å²) in [6.45, 7) is 1.18. The van der Waals surface area contributed by atoms with E-state index in [9.17, 15) is 5.11 Å². The number of benzene rings is 2. The van der Waals surface area contributed by atoms with Crippen LogP contribution in [0.25, 0.3) is 0 Å². The minimum absolute atomic E-state index is 0.242. The summed E-state index contributed by atoms with van der Waals surface area (Å²) in [7, 11) is 0. The molecule has 0 aromatic heterocycles. The van der Waals surface area contributed by atoms with Gasteiger partial charge < -0.3 is 10.4 Å². The molecule has 2 N–H and O–H groups in total. The van der Waals surface area contributed by atoms with Gasteiger partial charge in [0.05, 0.1) is 0 Å². The maximum absolute atomic E-state index is 9.30. The van der Waals surface area contributed by atoms with Gasteiger partial charge in [-0.2, -0.15) is 0 Å². The van der Waals surface area contributed by atoms with Gasteiger partial charge in [-0.3, -0.25) is 0 Å². The maximum Gasteiger partial charge on any atom is 0.0437 e. The molecule has 2 heteroatoms. The average Bonchev–Trinajstić information content (AvgIpc) is 2.95. The molecule has 0 fully saturated rings. The molecule has 0 radical (unpaired) electrons. The summed E-state index contributed by atoms with van der Waals surface area (Å²) in [5.41, 5.74) is 4.27. The van der Waals surface area contributed by atoms with Crippen molar-refractivity contribution in [2.45, 2.75) is 31.2 Å². The summed E-state index contributed by atoms with van der Waals surface area (Å²) < 4.78 is 0. The van der Waals surface area contributed by atoms with Crippen molar-refractivity contribution in [2.75, 3.05) is 13.2 Å². The summed E-state index contributed by atoms with van der Waals surface area (Å²) in [4.78, 5) is 0. The number of hydrogen-bond acceptors (Lipinski definition) is 2. The van der Waals surface area contributed by atoms with Crippen LogP contribution in [-0.4, -0.2) is 24.3 Å². The van der Waals surface area contributed by atoms with E-state index in [1.54, 1.807) is 0 Å². The quantitative estimate of drug-likeness (QED) is 0.853. The fourth-order valence-corrected chi connectivity index (χ4v) is 3.28. The van der Waals surface area contributed by atoms with Gasteiger partial charge >= 0.3 is 0 Å². The molecule has 0 saturated carbocycles. The van der Waals surface area contributed by atoms with E-state index >= 15 is 0 Å². The van der Waals surface area contributed by atoms with Crippen LogP contribution in [0.15, 0.2) is 54.6 Å². The number of aliphatic hydroxyl groups is 1. The van der Waals surface area contributed by atoms with Crippen LogP contribution in [0.3, 0.4) is 0 Å². The van der Waals surface area contributed by atoms with Crippen LogP contribution in [-0.2, 0) is 12.8 Å². The van der Waals surface area contributed by atoms with E-state index in [0.29, 0.717) is 12.0 Å². The van der Waals surface area contributed by atoms with Crippen molar-refractivity contribution in [1.29, 1.82) is 0 Å². The molecule has 0 aliphatic heterocycles. The Balaban J connectivity index is 1.59. The van der Waals surface area contributed by atoms with Crippen LogP contribution >= 0.6 is 0 Å². The van der Waals surface area contributed by atoms with Crippen LogP contribution in [0, 0.1) is 0 Å². The van der Waals surface area contributed by atoms with Gasteiger partial charge in [0.25, 0.3) is 0 Å². The van der Waals surface area contributed by atoms with Crippen LogP contribution in [0.4, 0.5) is 0 Å². The van der Waals surface area contributed by atoms with Crippen LogP contribution in [0.1, 0.15) is 29.0 Å². The molecule has 2 nitrogen and oxygen atoms in total. The predicted octanol–water partition coefficient (Wildman–Crippen LogP) is 2.91. The molecule has 2 aromatic carbocycles. The van der Waals surface area contributed by atoms with E-state index in [0.717, 1.165) is 25.8 Å². The van der Waals surface area contributed by atoms with Crippen molar-refractivity contribution in [3.63, 3.8) is 0 Å². The van der Waals surface area contributed by atoms with Gasteiger partial charge in [-0.05, 0) is 41.9 Å². The van der Waals surface area contributed by atoms with Crippen molar-refractivity contribution in [3.8, 4) is 0 Å². The highest BCUT2D eigenvalue weighted by atomic mass is 16.3. The number of aliphatic hydroxyl groups excluding tert-OH is 1. The Hall–Kier alpha value is -1.64. The standard InChI is InChI=1S/C19H23NO/c21-11-10-18(15-6-2-1-3-7-15)14-20-19-12-16-8-4-5-9-17(16)13-19/h1-9,18-21H,10-14H2. The van der Waals surface area contributed by atoms with E-state index in [1.165, 1.54) is 16.7 Å². The summed E-state index contributed by atoms with van der Waals surface area (Å²) >= 11 is 0. The minimum atomic E-state index is 0.242. The second-order valence-corrected chi connectivity index (χ2v) is 5.90.